The zero-order valence-electron chi connectivity index (χ0n) is 31.0. The van der Waals surface area contributed by atoms with Gasteiger partial charge in [0.15, 0.2) is 12.2 Å². The summed E-state index contributed by atoms with van der Waals surface area (Å²) in [6.45, 7) is 11.6. The highest BCUT2D eigenvalue weighted by atomic mass is 16.6. The number of carbonyl (C=O) groups is 4. The number of hydrogen-bond donors (Lipinski definition) is 6. The lowest BCUT2D eigenvalue weighted by atomic mass is 9.47. The number of aliphatic hydroxyl groups is 5. The summed E-state index contributed by atoms with van der Waals surface area (Å²) in [5.74, 6) is -3.16. The average molecular weight is 732 g/mol. The van der Waals surface area contributed by atoms with Gasteiger partial charge in [-0.25, -0.2) is 4.79 Å². The molecular formula is C38H53NO13. The number of esters is 3. The molecular weight excluding hydrogens is 678 g/mol. The topological polar surface area (TPSA) is 218 Å². The van der Waals surface area contributed by atoms with E-state index in [1.54, 1.807) is 37.3 Å². The van der Waals surface area contributed by atoms with Crippen LogP contribution in [0.1, 0.15) is 85.0 Å². The Bertz CT molecular complexity index is 1590. The van der Waals surface area contributed by atoms with Gasteiger partial charge >= 0.3 is 17.9 Å². The van der Waals surface area contributed by atoms with Crippen LogP contribution in [0.4, 0.5) is 0 Å². The summed E-state index contributed by atoms with van der Waals surface area (Å²) in [5.41, 5.74) is -6.67. The van der Waals surface area contributed by atoms with Crippen LogP contribution in [-0.4, -0.2) is 116 Å². The quantitative estimate of drug-likeness (QED) is 0.114. The summed E-state index contributed by atoms with van der Waals surface area (Å²) in [7, 11) is 0. The zero-order chi connectivity index (χ0) is 38.7. The Balaban J connectivity index is 1.61. The molecule has 1 spiro atoms. The number of benzene rings is 1. The standard InChI is InChI=1S/C38H53NO13/c1-18(2)14-23(39-32(45)22-12-10-9-11-13-22)28(43)33(46)52-25-16-37(35(6,7)48)27(19(25)3)29(50-20(4)40)30(44)36(8)26(42)15-24-31(51-21(5)41)38(36,17-49-24)34(37)47/h9-13,18,23-26,28-31,34,42-44,47-48H,14-17H2,1-8H3,(H,39,45)/t23-,24+,25-,26-,28+,29-,30-,31-,34+,36-,37-,38?/m0/s1. The molecule has 1 aromatic rings. The van der Waals surface area contributed by atoms with E-state index in [1.807, 2.05) is 13.8 Å². The fourth-order valence-corrected chi connectivity index (χ4v) is 9.60. The summed E-state index contributed by atoms with van der Waals surface area (Å²) in [6.07, 6.45) is -11.8. The van der Waals surface area contributed by atoms with E-state index in [-0.39, 0.29) is 42.9 Å². The molecule has 14 heteroatoms. The average Bonchev–Trinajstić information content (AvgIpc) is 3.50. The van der Waals surface area contributed by atoms with Gasteiger partial charge in [-0.2, -0.15) is 0 Å². The van der Waals surface area contributed by atoms with Gasteiger partial charge < -0.3 is 49.8 Å². The Kier molecular flexibility index (Phi) is 10.8. The van der Waals surface area contributed by atoms with Crippen molar-refractivity contribution in [1.29, 1.82) is 0 Å². The van der Waals surface area contributed by atoms with Crippen molar-refractivity contribution in [2.45, 2.75) is 135 Å². The van der Waals surface area contributed by atoms with Crippen molar-refractivity contribution < 1.29 is 63.7 Å². The van der Waals surface area contributed by atoms with Gasteiger partial charge in [0.05, 0.1) is 47.4 Å². The first kappa shape index (κ1) is 39.8. The second-order valence-electron chi connectivity index (χ2n) is 16.1. The molecule has 1 unspecified atom stereocenters. The van der Waals surface area contributed by atoms with Crippen molar-refractivity contribution in [3.63, 3.8) is 0 Å². The molecule has 5 rings (SSSR count). The van der Waals surface area contributed by atoms with E-state index in [1.165, 1.54) is 27.7 Å². The van der Waals surface area contributed by atoms with Gasteiger partial charge in [0, 0.05) is 37.7 Å². The Morgan fingerprint density at radius 3 is 2.19 bits per heavy atom. The van der Waals surface area contributed by atoms with Crippen LogP contribution in [-0.2, 0) is 33.3 Å². The number of ether oxygens (including phenoxy) is 4. The number of aliphatic hydroxyl groups excluding tert-OH is 4. The predicted octanol–water partition coefficient (Wildman–Crippen LogP) is 1.34. The number of fused-ring (bicyclic) bond motifs is 2. The summed E-state index contributed by atoms with van der Waals surface area (Å²) in [5, 5.41) is 63.4. The van der Waals surface area contributed by atoms with E-state index < -0.39 is 101 Å². The highest BCUT2D eigenvalue weighted by Gasteiger charge is 2.81. The number of rotatable bonds is 10. The van der Waals surface area contributed by atoms with E-state index in [4.69, 9.17) is 18.9 Å². The van der Waals surface area contributed by atoms with Crippen molar-refractivity contribution in [1.82, 2.24) is 5.32 Å². The summed E-state index contributed by atoms with van der Waals surface area (Å²) >= 11 is 0. The van der Waals surface area contributed by atoms with Crippen molar-refractivity contribution in [2.24, 2.45) is 22.2 Å². The smallest absolute Gasteiger partial charge is 0.337 e. The summed E-state index contributed by atoms with van der Waals surface area (Å²) < 4.78 is 23.7. The van der Waals surface area contributed by atoms with Gasteiger partial charge in [0.2, 0.25) is 0 Å². The fourth-order valence-electron chi connectivity index (χ4n) is 9.60. The molecule has 2 bridgehead atoms. The molecule has 1 aliphatic heterocycles. The van der Waals surface area contributed by atoms with Crippen molar-refractivity contribution >= 4 is 23.8 Å². The van der Waals surface area contributed by atoms with Crippen LogP contribution < -0.4 is 5.32 Å². The van der Waals surface area contributed by atoms with Gasteiger partial charge in [-0.15, -0.1) is 0 Å². The highest BCUT2D eigenvalue weighted by Crippen LogP contribution is 2.70. The van der Waals surface area contributed by atoms with Crippen molar-refractivity contribution in [3.05, 3.63) is 47.0 Å². The normalized spacial score (nSPS) is 36.6. The molecule has 52 heavy (non-hydrogen) atoms. The molecule has 1 aromatic carbocycles. The third-order valence-corrected chi connectivity index (χ3v) is 12.2. The Hall–Kier alpha value is -3.40. The first-order valence-electron chi connectivity index (χ1n) is 17.8. The lowest BCUT2D eigenvalue weighted by molar-refractivity contribution is -0.259. The maximum Gasteiger partial charge on any atom is 0.337 e. The number of carbonyl (C=O) groups excluding carboxylic acids is 4. The number of nitrogens with one attached hydrogen (secondary N) is 1. The highest BCUT2D eigenvalue weighted by molar-refractivity contribution is 5.94. The van der Waals surface area contributed by atoms with E-state index >= 15 is 0 Å². The lowest BCUT2D eigenvalue weighted by Gasteiger charge is -2.59. The minimum atomic E-state index is -1.91. The second-order valence-corrected chi connectivity index (χ2v) is 16.1. The monoisotopic (exact) mass is 731 g/mol. The van der Waals surface area contributed by atoms with Gasteiger partial charge in [-0.3, -0.25) is 14.4 Å². The van der Waals surface area contributed by atoms with Crippen LogP contribution in [0.15, 0.2) is 41.5 Å². The van der Waals surface area contributed by atoms with Crippen LogP contribution in [0.5, 0.6) is 0 Å². The molecule has 12 atom stereocenters. The SMILES string of the molecule is CC(=O)O[C@H]1C2=C(C)[C@@H](OC(=O)[C@H](O)[C@H](CC(C)C)NC(=O)c3ccccc3)C[C@@]2(C(C)(C)O)[C@@H](O)C23CO[C@H](C[C@H](O)[C@@]2(C)[C@H]1O)[C@@H]3OC(C)=O. The largest absolute Gasteiger partial charge is 0.459 e. The molecule has 1 amide bonds. The van der Waals surface area contributed by atoms with Gasteiger partial charge in [0.25, 0.3) is 5.91 Å². The molecule has 1 heterocycles. The molecule has 288 valence electrons. The van der Waals surface area contributed by atoms with Crippen LogP contribution in [0.25, 0.3) is 0 Å². The van der Waals surface area contributed by atoms with Crippen molar-refractivity contribution in [3.8, 4) is 0 Å². The number of amides is 1. The van der Waals surface area contributed by atoms with E-state index in [9.17, 15) is 44.7 Å². The lowest BCUT2D eigenvalue weighted by Crippen LogP contribution is -2.72. The third-order valence-electron chi connectivity index (χ3n) is 12.2. The summed E-state index contributed by atoms with van der Waals surface area (Å²) in [4.78, 5) is 52.1. The van der Waals surface area contributed by atoms with Gasteiger partial charge in [-0.05, 0) is 56.4 Å². The molecule has 14 nitrogen and oxygen atoms in total. The van der Waals surface area contributed by atoms with Gasteiger partial charge in [0.1, 0.15) is 18.3 Å². The Morgan fingerprint density at radius 2 is 1.63 bits per heavy atom. The zero-order valence-corrected chi connectivity index (χ0v) is 31.0. The minimum absolute atomic E-state index is 0.0490. The molecule has 6 N–H and O–H groups in total. The molecule has 0 aromatic heterocycles. The van der Waals surface area contributed by atoms with Crippen LogP contribution in [0.3, 0.4) is 0 Å². The minimum Gasteiger partial charge on any atom is -0.459 e. The van der Waals surface area contributed by atoms with Crippen LogP contribution >= 0.6 is 0 Å². The van der Waals surface area contributed by atoms with E-state index in [0.29, 0.717) is 5.56 Å². The molecule has 4 aliphatic rings. The van der Waals surface area contributed by atoms with Crippen LogP contribution in [0, 0.1) is 22.2 Å². The maximum absolute atomic E-state index is 13.8. The number of hydrogen-bond acceptors (Lipinski definition) is 13. The predicted molar refractivity (Wildman–Crippen MR) is 183 cm³/mol. The Morgan fingerprint density at radius 1 is 1.02 bits per heavy atom. The third kappa shape index (κ3) is 6.14. The summed E-state index contributed by atoms with van der Waals surface area (Å²) in [6, 6.07) is 7.26. The molecule has 0 radical (unpaired) electrons. The van der Waals surface area contributed by atoms with E-state index in [2.05, 4.69) is 5.32 Å². The molecule has 3 fully saturated rings. The molecule has 1 saturated heterocycles. The fraction of sp³-hybridized carbons (Fsp3) is 0.684. The van der Waals surface area contributed by atoms with Gasteiger partial charge in [-0.1, -0.05) is 39.0 Å². The van der Waals surface area contributed by atoms with Crippen molar-refractivity contribution in [2.75, 3.05) is 6.61 Å². The first-order chi connectivity index (χ1) is 24.1. The second kappa shape index (κ2) is 14.1. The van der Waals surface area contributed by atoms with E-state index in [0.717, 1.165) is 6.92 Å². The maximum atomic E-state index is 13.8. The first-order valence-corrected chi connectivity index (χ1v) is 17.8. The molecule has 2 saturated carbocycles. The Labute approximate surface area is 303 Å². The van der Waals surface area contributed by atoms with Crippen LogP contribution in [0.2, 0.25) is 0 Å². The molecule has 3 aliphatic carbocycles.